The first-order chi connectivity index (χ1) is 12.6. The normalized spacial score (nSPS) is 12.4. The van der Waals surface area contributed by atoms with Gasteiger partial charge in [-0.3, -0.25) is 9.89 Å². The van der Waals surface area contributed by atoms with E-state index in [1.54, 1.807) is 11.3 Å². The minimum absolute atomic E-state index is 0.00776. The number of carbonyl (C=O) groups excluding carboxylic acids is 1. The summed E-state index contributed by atoms with van der Waals surface area (Å²) >= 11 is 1.72. The Kier molecular flexibility index (Phi) is 6.11. The lowest BCUT2D eigenvalue weighted by Crippen LogP contribution is -2.29. The maximum atomic E-state index is 12.3. The molecule has 3 aromatic rings. The lowest BCUT2D eigenvalue weighted by Gasteiger charge is -2.17. The molecule has 8 nitrogen and oxygen atoms in total. The van der Waals surface area contributed by atoms with Gasteiger partial charge < -0.3 is 9.84 Å². The van der Waals surface area contributed by atoms with Crippen molar-refractivity contribution in [2.24, 2.45) is 5.92 Å². The van der Waals surface area contributed by atoms with Gasteiger partial charge in [0.15, 0.2) is 5.82 Å². The first-order valence-corrected chi connectivity index (χ1v) is 9.51. The summed E-state index contributed by atoms with van der Waals surface area (Å²) in [5, 5.41) is 15.5. The van der Waals surface area contributed by atoms with Crippen molar-refractivity contribution < 1.29 is 9.32 Å². The highest BCUT2D eigenvalue weighted by Crippen LogP contribution is 2.22. The Labute approximate surface area is 155 Å². The van der Waals surface area contributed by atoms with Crippen LogP contribution in [0.5, 0.6) is 0 Å². The first-order valence-electron chi connectivity index (χ1n) is 8.63. The van der Waals surface area contributed by atoms with Crippen LogP contribution >= 0.6 is 11.3 Å². The number of thiophene rings is 1. The molecule has 2 N–H and O–H groups in total. The molecule has 0 spiro atoms. The third-order valence-electron chi connectivity index (χ3n) is 3.82. The van der Waals surface area contributed by atoms with Gasteiger partial charge in [0, 0.05) is 11.3 Å². The van der Waals surface area contributed by atoms with Gasteiger partial charge in [-0.05, 0) is 36.6 Å². The van der Waals surface area contributed by atoms with Crippen LogP contribution < -0.4 is 5.32 Å². The van der Waals surface area contributed by atoms with Crippen LogP contribution in [0, 0.1) is 5.92 Å². The van der Waals surface area contributed by atoms with Crippen LogP contribution in [0.1, 0.15) is 49.9 Å². The van der Waals surface area contributed by atoms with Crippen molar-refractivity contribution in [3.8, 4) is 11.6 Å². The monoisotopic (exact) mass is 374 g/mol. The number of aryl methyl sites for hydroxylation is 1. The highest BCUT2D eigenvalue weighted by atomic mass is 32.1. The highest BCUT2D eigenvalue weighted by molar-refractivity contribution is 7.09. The fraction of sp³-hybridized carbons (Fsp3) is 0.471. The van der Waals surface area contributed by atoms with Crippen LogP contribution in [-0.2, 0) is 11.2 Å². The number of H-pyrrole nitrogens is 1. The zero-order chi connectivity index (χ0) is 18.4. The summed E-state index contributed by atoms with van der Waals surface area (Å²) in [4.78, 5) is 22.0. The van der Waals surface area contributed by atoms with Gasteiger partial charge >= 0.3 is 0 Å². The maximum Gasteiger partial charge on any atom is 0.249 e. The lowest BCUT2D eigenvalue weighted by molar-refractivity contribution is -0.122. The van der Waals surface area contributed by atoms with Crippen LogP contribution in [-0.4, -0.2) is 31.2 Å². The molecule has 3 aromatic heterocycles. The molecule has 0 aliphatic rings. The van der Waals surface area contributed by atoms with E-state index in [4.69, 9.17) is 4.52 Å². The van der Waals surface area contributed by atoms with E-state index in [2.05, 4.69) is 55.9 Å². The fourth-order valence-electron chi connectivity index (χ4n) is 2.62. The lowest BCUT2D eigenvalue weighted by atomic mass is 10.0. The Hall–Kier alpha value is -2.55. The Balaban J connectivity index is 1.59. The Bertz CT molecular complexity index is 797. The average Bonchev–Trinajstić information content (AvgIpc) is 3.35. The van der Waals surface area contributed by atoms with Crippen LogP contribution in [0.3, 0.4) is 0 Å². The number of hydrogen-bond acceptors (Lipinski definition) is 7. The molecule has 0 radical (unpaired) electrons. The van der Waals surface area contributed by atoms with Crippen molar-refractivity contribution in [2.75, 3.05) is 0 Å². The topological polar surface area (TPSA) is 110 Å². The molecule has 1 amide bonds. The minimum Gasteiger partial charge on any atom is -0.344 e. The van der Waals surface area contributed by atoms with E-state index < -0.39 is 0 Å². The molecule has 0 saturated heterocycles. The average molecular weight is 374 g/mol. The molecular formula is C17H22N6O2S. The SMILES string of the molecule is CC(C)CC(NC(=O)CCCc1cccs1)c1nc(-c2ncn[nH]2)no1. The largest absolute Gasteiger partial charge is 0.344 e. The molecule has 9 heteroatoms. The summed E-state index contributed by atoms with van der Waals surface area (Å²) in [6.07, 6.45) is 4.29. The molecule has 0 aromatic carbocycles. The van der Waals surface area contributed by atoms with Gasteiger partial charge in [-0.1, -0.05) is 25.1 Å². The number of aromatic amines is 1. The molecule has 3 rings (SSSR count). The quantitative estimate of drug-likeness (QED) is 0.595. The number of nitrogens with one attached hydrogen (secondary N) is 2. The predicted molar refractivity (Wildman–Crippen MR) is 97.3 cm³/mol. The zero-order valence-corrected chi connectivity index (χ0v) is 15.6. The summed E-state index contributed by atoms with van der Waals surface area (Å²) in [6, 6.07) is 3.81. The third kappa shape index (κ3) is 4.98. The smallest absolute Gasteiger partial charge is 0.249 e. The van der Waals surface area contributed by atoms with E-state index >= 15 is 0 Å². The van der Waals surface area contributed by atoms with E-state index in [-0.39, 0.29) is 11.9 Å². The fourth-order valence-corrected chi connectivity index (χ4v) is 3.37. The predicted octanol–water partition coefficient (Wildman–Crippen LogP) is 3.14. The molecule has 0 fully saturated rings. The van der Waals surface area contributed by atoms with E-state index in [1.807, 2.05) is 6.07 Å². The number of aromatic nitrogens is 5. The molecule has 1 atom stereocenters. The second-order valence-electron chi connectivity index (χ2n) is 6.47. The molecule has 0 saturated carbocycles. The zero-order valence-electron chi connectivity index (χ0n) is 14.8. The van der Waals surface area contributed by atoms with Gasteiger partial charge in [-0.2, -0.15) is 10.1 Å². The first kappa shape index (κ1) is 18.2. The molecule has 1 unspecified atom stereocenters. The van der Waals surface area contributed by atoms with E-state index in [0.29, 0.717) is 36.3 Å². The second kappa shape index (κ2) is 8.70. The number of carbonyl (C=O) groups is 1. The standard InChI is InChI=1S/C17H22N6O2S/c1-11(2)9-13(17-21-16(23-25-17)15-18-10-19-22-15)20-14(24)7-3-5-12-6-4-8-26-12/h4,6,8,10-11,13H,3,5,7,9H2,1-2H3,(H,20,24)(H,18,19,22). The number of amides is 1. The minimum atomic E-state index is -0.312. The Morgan fingerprint density at radius 2 is 2.31 bits per heavy atom. The molecule has 26 heavy (non-hydrogen) atoms. The summed E-state index contributed by atoms with van der Waals surface area (Å²) < 4.78 is 5.35. The van der Waals surface area contributed by atoms with Crippen molar-refractivity contribution in [1.29, 1.82) is 0 Å². The highest BCUT2D eigenvalue weighted by Gasteiger charge is 2.23. The van der Waals surface area contributed by atoms with Gasteiger partial charge in [0.05, 0.1) is 0 Å². The summed E-state index contributed by atoms with van der Waals surface area (Å²) in [6.45, 7) is 4.17. The maximum absolute atomic E-state index is 12.3. The van der Waals surface area contributed by atoms with Crippen molar-refractivity contribution in [3.63, 3.8) is 0 Å². The second-order valence-corrected chi connectivity index (χ2v) is 7.51. The van der Waals surface area contributed by atoms with Gasteiger partial charge in [-0.25, -0.2) is 4.98 Å². The van der Waals surface area contributed by atoms with Crippen LogP contribution in [0.2, 0.25) is 0 Å². The van der Waals surface area contributed by atoms with Crippen molar-refractivity contribution in [2.45, 2.75) is 45.6 Å². The van der Waals surface area contributed by atoms with E-state index in [0.717, 1.165) is 12.8 Å². The molecule has 3 heterocycles. The Morgan fingerprint density at radius 3 is 3.00 bits per heavy atom. The Morgan fingerprint density at radius 1 is 1.42 bits per heavy atom. The molecule has 0 bridgehead atoms. The summed E-state index contributed by atoms with van der Waals surface area (Å²) in [5.74, 6) is 1.51. The van der Waals surface area contributed by atoms with Crippen LogP contribution in [0.4, 0.5) is 0 Å². The molecular weight excluding hydrogens is 352 g/mol. The molecule has 138 valence electrons. The number of rotatable bonds is 9. The molecule has 0 aliphatic carbocycles. The van der Waals surface area contributed by atoms with Crippen LogP contribution in [0.15, 0.2) is 28.4 Å². The third-order valence-corrected chi connectivity index (χ3v) is 4.75. The summed E-state index contributed by atoms with van der Waals surface area (Å²) in [7, 11) is 0. The van der Waals surface area contributed by atoms with Crippen LogP contribution in [0.25, 0.3) is 11.6 Å². The number of hydrogen-bond donors (Lipinski definition) is 2. The van der Waals surface area contributed by atoms with E-state index in [1.165, 1.54) is 11.2 Å². The van der Waals surface area contributed by atoms with Crippen molar-refractivity contribution in [3.05, 3.63) is 34.6 Å². The number of nitrogens with zero attached hydrogens (tertiary/aromatic N) is 4. The summed E-state index contributed by atoms with van der Waals surface area (Å²) in [5.41, 5.74) is 0. The molecule has 0 aliphatic heterocycles. The van der Waals surface area contributed by atoms with Crippen molar-refractivity contribution >= 4 is 17.2 Å². The van der Waals surface area contributed by atoms with Gasteiger partial charge in [0.1, 0.15) is 12.4 Å². The van der Waals surface area contributed by atoms with Gasteiger partial charge in [0.25, 0.3) is 0 Å². The van der Waals surface area contributed by atoms with Gasteiger partial charge in [0.2, 0.25) is 17.6 Å². The van der Waals surface area contributed by atoms with Gasteiger partial charge in [-0.15, -0.1) is 11.3 Å². The van der Waals surface area contributed by atoms with Crippen molar-refractivity contribution in [1.82, 2.24) is 30.6 Å². The van der Waals surface area contributed by atoms with E-state index in [9.17, 15) is 4.79 Å².